The summed E-state index contributed by atoms with van der Waals surface area (Å²) in [7, 11) is 0. The molecule has 18 heavy (non-hydrogen) atoms. The lowest BCUT2D eigenvalue weighted by atomic mass is 10.1. The molecule has 0 aliphatic carbocycles. The first kappa shape index (κ1) is 13.7. The Hall–Kier alpha value is -2.36. The smallest absolute Gasteiger partial charge is 0.335 e. The molecule has 0 bridgehead atoms. The van der Waals surface area contributed by atoms with Crippen LogP contribution in [-0.2, 0) is 9.59 Å². The standard InChI is InChI=1S/C14H14O4/c1-5-13(15)17-11-7-10(4)12(8-9(11)3)18-14(16)6-2/h5-8H,1-2H2,3-4H3. The van der Waals surface area contributed by atoms with Crippen LogP contribution in [0.15, 0.2) is 37.4 Å². The predicted octanol–water partition coefficient (Wildman–Crippen LogP) is 2.49. The molecule has 94 valence electrons. The normalized spacial score (nSPS) is 9.44. The summed E-state index contributed by atoms with van der Waals surface area (Å²) in [4.78, 5) is 22.2. The second-order valence-corrected chi connectivity index (χ2v) is 3.63. The third-order valence-electron chi connectivity index (χ3n) is 2.23. The first-order valence-electron chi connectivity index (χ1n) is 5.27. The van der Waals surface area contributed by atoms with E-state index in [0.29, 0.717) is 22.6 Å². The van der Waals surface area contributed by atoms with Crippen molar-refractivity contribution in [3.63, 3.8) is 0 Å². The Kier molecular flexibility index (Phi) is 4.43. The van der Waals surface area contributed by atoms with E-state index in [0.717, 1.165) is 12.2 Å². The SMILES string of the molecule is C=CC(=O)Oc1cc(C)c(OC(=O)C=C)cc1C. The number of ether oxygens (including phenoxy) is 2. The molecule has 0 spiro atoms. The molecule has 0 fully saturated rings. The first-order chi connectivity index (χ1) is 8.47. The van der Waals surface area contributed by atoms with Crippen molar-refractivity contribution in [2.45, 2.75) is 13.8 Å². The lowest BCUT2D eigenvalue weighted by Crippen LogP contribution is -2.07. The Bertz CT molecular complexity index is 467. The first-order valence-corrected chi connectivity index (χ1v) is 5.27. The number of benzene rings is 1. The average Bonchev–Trinajstić information content (AvgIpc) is 2.34. The molecule has 0 saturated heterocycles. The molecule has 0 atom stereocenters. The van der Waals surface area contributed by atoms with Crippen LogP contribution in [0.1, 0.15) is 11.1 Å². The van der Waals surface area contributed by atoms with Crippen LogP contribution in [-0.4, -0.2) is 11.9 Å². The van der Waals surface area contributed by atoms with Crippen LogP contribution in [0, 0.1) is 13.8 Å². The van der Waals surface area contributed by atoms with Gasteiger partial charge in [0.15, 0.2) is 0 Å². The molecular weight excluding hydrogens is 232 g/mol. The van der Waals surface area contributed by atoms with E-state index >= 15 is 0 Å². The molecule has 0 radical (unpaired) electrons. The molecule has 1 aromatic rings. The van der Waals surface area contributed by atoms with Gasteiger partial charge in [0.05, 0.1) is 0 Å². The molecule has 0 saturated carbocycles. The molecule has 0 aliphatic rings. The monoisotopic (exact) mass is 246 g/mol. The fourth-order valence-electron chi connectivity index (χ4n) is 1.28. The molecule has 0 heterocycles. The van der Waals surface area contributed by atoms with E-state index in [1.165, 1.54) is 0 Å². The largest absolute Gasteiger partial charge is 0.423 e. The summed E-state index contributed by atoms with van der Waals surface area (Å²) >= 11 is 0. The molecule has 0 amide bonds. The van der Waals surface area contributed by atoms with Crippen molar-refractivity contribution in [1.82, 2.24) is 0 Å². The summed E-state index contributed by atoms with van der Waals surface area (Å²) in [5.74, 6) is -0.242. The zero-order valence-electron chi connectivity index (χ0n) is 10.4. The molecule has 0 aromatic heterocycles. The van der Waals surface area contributed by atoms with Gasteiger partial charge in [-0.15, -0.1) is 0 Å². The van der Waals surface area contributed by atoms with Gasteiger partial charge in [0, 0.05) is 12.2 Å². The number of hydrogen-bond donors (Lipinski definition) is 0. The molecule has 1 rings (SSSR count). The highest BCUT2D eigenvalue weighted by molar-refractivity contribution is 5.84. The number of hydrogen-bond acceptors (Lipinski definition) is 4. The van der Waals surface area contributed by atoms with Gasteiger partial charge in [0.1, 0.15) is 11.5 Å². The lowest BCUT2D eigenvalue weighted by Gasteiger charge is -2.11. The lowest BCUT2D eigenvalue weighted by molar-refractivity contribution is -0.130. The Labute approximate surface area is 106 Å². The highest BCUT2D eigenvalue weighted by atomic mass is 16.5. The van der Waals surface area contributed by atoms with Crippen molar-refractivity contribution in [2.24, 2.45) is 0 Å². The maximum atomic E-state index is 11.1. The van der Waals surface area contributed by atoms with Crippen molar-refractivity contribution in [1.29, 1.82) is 0 Å². The summed E-state index contributed by atoms with van der Waals surface area (Å²) in [5.41, 5.74) is 1.37. The van der Waals surface area contributed by atoms with E-state index in [2.05, 4.69) is 13.2 Å². The van der Waals surface area contributed by atoms with E-state index in [1.54, 1.807) is 26.0 Å². The molecule has 4 heteroatoms. The number of carbonyl (C=O) groups excluding carboxylic acids is 2. The molecule has 0 N–H and O–H groups in total. The molecule has 1 aromatic carbocycles. The molecule has 0 unspecified atom stereocenters. The van der Waals surface area contributed by atoms with Crippen LogP contribution < -0.4 is 9.47 Å². The van der Waals surface area contributed by atoms with Crippen molar-refractivity contribution < 1.29 is 19.1 Å². The minimum absolute atomic E-state index is 0.413. The maximum absolute atomic E-state index is 11.1. The Morgan fingerprint density at radius 3 is 1.56 bits per heavy atom. The topological polar surface area (TPSA) is 52.6 Å². The van der Waals surface area contributed by atoms with Crippen LogP contribution in [0.2, 0.25) is 0 Å². The van der Waals surface area contributed by atoms with E-state index in [-0.39, 0.29) is 0 Å². The van der Waals surface area contributed by atoms with Gasteiger partial charge in [-0.05, 0) is 37.1 Å². The van der Waals surface area contributed by atoms with E-state index < -0.39 is 11.9 Å². The average molecular weight is 246 g/mol. The van der Waals surface area contributed by atoms with Gasteiger partial charge in [-0.2, -0.15) is 0 Å². The van der Waals surface area contributed by atoms with Crippen LogP contribution in [0.3, 0.4) is 0 Å². The molecule has 0 aliphatic heterocycles. The van der Waals surface area contributed by atoms with Crippen molar-refractivity contribution >= 4 is 11.9 Å². The summed E-state index contributed by atoms with van der Waals surface area (Å²) < 4.78 is 10.1. The summed E-state index contributed by atoms with van der Waals surface area (Å²) in [6.45, 7) is 10.1. The van der Waals surface area contributed by atoms with Gasteiger partial charge in [-0.25, -0.2) is 9.59 Å². The Balaban J connectivity index is 3.03. The van der Waals surface area contributed by atoms with Crippen LogP contribution in [0.25, 0.3) is 0 Å². The fraction of sp³-hybridized carbons (Fsp3) is 0.143. The summed E-state index contributed by atoms with van der Waals surface area (Å²) in [6, 6.07) is 3.25. The predicted molar refractivity (Wildman–Crippen MR) is 67.6 cm³/mol. The van der Waals surface area contributed by atoms with Gasteiger partial charge < -0.3 is 9.47 Å². The minimum atomic E-state index is -0.534. The summed E-state index contributed by atoms with van der Waals surface area (Å²) in [6.07, 6.45) is 2.17. The minimum Gasteiger partial charge on any atom is -0.423 e. The van der Waals surface area contributed by atoms with Crippen molar-refractivity contribution in [3.8, 4) is 11.5 Å². The molecular formula is C14H14O4. The van der Waals surface area contributed by atoms with Gasteiger partial charge in [0.25, 0.3) is 0 Å². The van der Waals surface area contributed by atoms with Crippen molar-refractivity contribution in [2.75, 3.05) is 0 Å². The Morgan fingerprint density at radius 2 is 1.28 bits per heavy atom. The quantitative estimate of drug-likeness (QED) is 0.465. The van der Waals surface area contributed by atoms with Crippen LogP contribution in [0.4, 0.5) is 0 Å². The number of rotatable bonds is 4. The number of aryl methyl sites for hydroxylation is 2. The van der Waals surface area contributed by atoms with Crippen molar-refractivity contribution in [3.05, 3.63) is 48.6 Å². The van der Waals surface area contributed by atoms with Crippen LogP contribution >= 0.6 is 0 Å². The summed E-state index contributed by atoms with van der Waals surface area (Å²) in [5, 5.41) is 0. The zero-order valence-corrected chi connectivity index (χ0v) is 10.4. The van der Waals surface area contributed by atoms with Gasteiger partial charge >= 0.3 is 11.9 Å². The number of esters is 2. The van der Waals surface area contributed by atoms with Crippen LogP contribution in [0.5, 0.6) is 11.5 Å². The third kappa shape index (κ3) is 3.31. The number of carbonyl (C=O) groups is 2. The second kappa shape index (κ2) is 5.82. The third-order valence-corrected chi connectivity index (χ3v) is 2.23. The molecule has 4 nitrogen and oxygen atoms in total. The van der Waals surface area contributed by atoms with E-state index in [4.69, 9.17) is 9.47 Å². The maximum Gasteiger partial charge on any atom is 0.335 e. The highest BCUT2D eigenvalue weighted by Crippen LogP contribution is 2.28. The van der Waals surface area contributed by atoms with E-state index in [9.17, 15) is 9.59 Å². The second-order valence-electron chi connectivity index (χ2n) is 3.63. The Morgan fingerprint density at radius 1 is 0.944 bits per heavy atom. The van der Waals surface area contributed by atoms with Gasteiger partial charge in [0.2, 0.25) is 0 Å². The van der Waals surface area contributed by atoms with Gasteiger partial charge in [-0.1, -0.05) is 13.2 Å². The fourth-order valence-corrected chi connectivity index (χ4v) is 1.28. The highest BCUT2D eigenvalue weighted by Gasteiger charge is 2.10. The van der Waals surface area contributed by atoms with Gasteiger partial charge in [-0.3, -0.25) is 0 Å². The van der Waals surface area contributed by atoms with E-state index in [1.807, 2.05) is 0 Å². The zero-order chi connectivity index (χ0) is 13.7.